The summed E-state index contributed by atoms with van der Waals surface area (Å²) < 4.78 is 31.3. The average molecular weight is 373 g/mol. The van der Waals surface area contributed by atoms with E-state index in [1.165, 1.54) is 0 Å². The van der Waals surface area contributed by atoms with Crippen LogP contribution < -0.4 is 15.2 Å². The van der Waals surface area contributed by atoms with Gasteiger partial charge in [0.2, 0.25) is 21.9 Å². The second-order valence-electron chi connectivity index (χ2n) is 5.47. The first-order chi connectivity index (χ1) is 12.4. The largest absolute Gasteiger partial charge is 0.476 e. The molecular weight excluding hydrogens is 354 g/mol. The van der Waals surface area contributed by atoms with Crippen molar-refractivity contribution in [2.75, 3.05) is 22.8 Å². The average Bonchev–Trinajstić information content (AvgIpc) is 2.62. The molecule has 3 rings (SSSR count). The first-order valence-corrected chi connectivity index (χ1v) is 9.75. The molecule has 26 heavy (non-hydrogen) atoms. The van der Waals surface area contributed by atoms with Gasteiger partial charge in [0, 0.05) is 11.3 Å². The molecule has 0 amide bonds. The quantitative estimate of drug-likeness (QED) is 0.681. The molecule has 0 radical (unpaired) electrons. The molecule has 0 aliphatic carbocycles. The zero-order chi connectivity index (χ0) is 18.7. The van der Waals surface area contributed by atoms with E-state index in [-0.39, 0.29) is 11.7 Å². The number of nitrogens with zero attached hydrogens (tertiary/aromatic N) is 3. The molecule has 2 heterocycles. The van der Waals surface area contributed by atoms with E-state index in [1.807, 2.05) is 13.0 Å². The van der Waals surface area contributed by atoms with E-state index in [4.69, 9.17) is 10.5 Å². The van der Waals surface area contributed by atoms with Crippen LogP contribution in [0, 0.1) is 0 Å². The van der Waals surface area contributed by atoms with Crippen LogP contribution in [0.15, 0.2) is 36.4 Å². The lowest BCUT2D eigenvalue weighted by Gasteiger charge is -2.09. The van der Waals surface area contributed by atoms with Crippen molar-refractivity contribution in [2.45, 2.75) is 13.8 Å². The summed E-state index contributed by atoms with van der Waals surface area (Å²) in [5, 5.41) is 0. The van der Waals surface area contributed by atoms with Crippen LogP contribution in [0.1, 0.15) is 13.8 Å². The van der Waals surface area contributed by atoms with Gasteiger partial charge in [-0.05, 0) is 38.1 Å². The number of anilines is 2. The van der Waals surface area contributed by atoms with E-state index < -0.39 is 10.0 Å². The molecule has 0 aliphatic heterocycles. The number of hydrogen-bond donors (Lipinski definition) is 2. The Morgan fingerprint density at radius 2 is 1.77 bits per heavy atom. The van der Waals surface area contributed by atoms with Gasteiger partial charge in [0.15, 0.2) is 5.52 Å². The van der Waals surface area contributed by atoms with Gasteiger partial charge < -0.3 is 10.5 Å². The van der Waals surface area contributed by atoms with Gasteiger partial charge in [0.25, 0.3) is 0 Å². The summed E-state index contributed by atoms with van der Waals surface area (Å²) in [6.07, 6.45) is 0. The van der Waals surface area contributed by atoms with Crippen LogP contribution >= 0.6 is 0 Å². The zero-order valence-electron chi connectivity index (χ0n) is 14.4. The van der Waals surface area contributed by atoms with Crippen molar-refractivity contribution in [3.05, 3.63) is 36.4 Å². The van der Waals surface area contributed by atoms with Crippen molar-refractivity contribution in [1.29, 1.82) is 0 Å². The third-order valence-electron chi connectivity index (χ3n) is 3.64. The third-order valence-corrected chi connectivity index (χ3v) is 4.95. The summed E-state index contributed by atoms with van der Waals surface area (Å²) in [5.74, 6) is 0.483. The fourth-order valence-electron chi connectivity index (χ4n) is 2.36. The van der Waals surface area contributed by atoms with Gasteiger partial charge in [-0.15, -0.1) is 0 Å². The normalized spacial score (nSPS) is 11.5. The van der Waals surface area contributed by atoms with E-state index in [2.05, 4.69) is 19.7 Å². The number of benzene rings is 1. The predicted molar refractivity (Wildman–Crippen MR) is 101 cm³/mol. The van der Waals surface area contributed by atoms with E-state index in [9.17, 15) is 8.42 Å². The maximum absolute atomic E-state index is 11.6. The van der Waals surface area contributed by atoms with Gasteiger partial charge in [0.05, 0.1) is 23.6 Å². The maximum Gasteiger partial charge on any atom is 0.245 e. The number of nitrogen functional groups attached to an aromatic ring is 1. The zero-order valence-corrected chi connectivity index (χ0v) is 15.2. The van der Waals surface area contributed by atoms with Crippen LogP contribution in [0.3, 0.4) is 0 Å². The van der Waals surface area contributed by atoms with Gasteiger partial charge in [-0.25, -0.2) is 18.4 Å². The highest BCUT2D eigenvalue weighted by Gasteiger charge is 2.11. The van der Waals surface area contributed by atoms with Gasteiger partial charge in [-0.1, -0.05) is 12.1 Å². The van der Waals surface area contributed by atoms with E-state index in [0.717, 1.165) is 5.56 Å². The standard InChI is InChI=1S/C17H19N5O3S/c1-3-25-16-15-14(20-17(18)21-16)10-9-13(19-15)11-5-7-12(8-6-11)22-26(23,24)4-2/h5-10,22H,3-4H2,1-2H3,(H2,18,20,21). The Morgan fingerprint density at radius 3 is 2.42 bits per heavy atom. The predicted octanol–water partition coefficient (Wildman–Crippen LogP) is 2.43. The molecule has 3 aromatic rings. The molecule has 1 aromatic carbocycles. The van der Waals surface area contributed by atoms with Crippen LogP contribution in [-0.4, -0.2) is 35.7 Å². The summed E-state index contributed by atoms with van der Waals surface area (Å²) in [6.45, 7) is 3.87. The van der Waals surface area contributed by atoms with Crippen molar-refractivity contribution in [3.63, 3.8) is 0 Å². The maximum atomic E-state index is 11.6. The summed E-state index contributed by atoms with van der Waals surface area (Å²) in [5.41, 5.74) is 8.83. The molecule has 0 unspecified atom stereocenters. The van der Waals surface area contributed by atoms with Crippen molar-refractivity contribution in [1.82, 2.24) is 15.0 Å². The molecule has 0 fully saturated rings. The molecule has 0 saturated carbocycles. The fourth-order valence-corrected chi connectivity index (χ4v) is 3.00. The minimum atomic E-state index is -3.31. The lowest BCUT2D eigenvalue weighted by molar-refractivity contribution is 0.330. The van der Waals surface area contributed by atoms with Crippen LogP contribution in [0.25, 0.3) is 22.3 Å². The number of nitrogens with one attached hydrogen (secondary N) is 1. The minimum Gasteiger partial charge on any atom is -0.476 e. The Morgan fingerprint density at radius 1 is 1.04 bits per heavy atom. The van der Waals surface area contributed by atoms with Crippen molar-refractivity contribution < 1.29 is 13.2 Å². The molecule has 0 spiro atoms. The Balaban J connectivity index is 1.97. The van der Waals surface area contributed by atoms with Gasteiger partial charge in [-0.2, -0.15) is 4.98 Å². The van der Waals surface area contributed by atoms with Crippen molar-refractivity contribution in [3.8, 4) is 17.1 Å². The molecule has 136 valence electrons. The Bertz CT molecular complexity index is 1040. The number of nitrogens with two attached hydrogens (primary N) is 1. The number of pyridine rings is 1. The lowest BCUT2D eigenvalue weighted by atomic mass is 10.1. The lowest BCUT2D eigenvalue weighted by Crippen LogP contribution is -2.14. The molecule has 3 N–H and O–H groups in total. The van der Waals surface area contributed by atoms with Crippen molar-refractivity contribution in [2.24, 2.45) is 0 Å². The van der Waals surface area contributed by atoms with E-state index >= 15 is 0 Å². The second-order valence-corrected chi connectivity index (χ2v) is 7.48. The number of aromatic nitrogens is 3. The molecule has 2 aromatic heterocycles. The first kappa shape index (κ1) is 17.9. The number of fused-ring (bicyclic) bond motifs is 1. The highest BCUT2D eigenvalue weighted by Crippen LogP contribution is 2.26. The van der Waals surface area contributed by atoms with Crippen LogP contribution in [0.5, 0.6) is 5.88 Å². The Kier molecular flexibility index (Phi) is 4.90. The van der Waals surface area contributed by atoms with E-state index in [0.29, 0.717) is 34.9 Å². The molecular formula is C17H19N5O3S. The highest BCUT2D eigenvalue weighted by atomic mass is 32.2. The Labute approximate surface area is 151 Å². The third kappa shape index (κ3) is 3.83. The first-order valence-electron chi connectivity index (χ1n) is 8.10. The topological polar surface area (TPSA) is 120 Å². The van der Waals surface area contributed by atoms with Crippen LogP contribution in [0.2, 0.25) is 0 Å². The molecule has 0 atom stereocenters. The molecule has 0 saturated heterocycles. The van der Waals surface area contributed by atoms with Crippen LogP contribution in [0.4, 0.5) is 11.6 Å². The van der Waals surface area contributed by atoms with Crippen LogP contribution in [-0.2, 0) is 10.0 Å². The van der Waals surface area contributed by atoms with Gasteiger partial charge in [0.1, 0.15) is 0 Å². The summed E-state index contributed by atoms with van der Waals surface area (Å²) in [4.78, 5) is 12.8. The Hall–Kier alpha value is -2.94. The minimum absolute atomic E-state index is 0.0182. The summed E-state index contributed by atoms with van der Waals surface area (Å²) in [7, 11) is -3.31. The van der Waals surface area contributed by atoms with E-state index in [1.54, 1.807) is 37.3 Å². The van der Waals surface area contributed by atoms with Gasteiger partial charge in [-0.3, -0.25) is 4.72 Å². The SMILES string of the molecule is CCOc1nc(N)nc2ccc(-c3ccc(NS(=O)(=O)CC)cc3)nc12. The fraction of sp³-hybridized carbons (Fsp3) is 0.235. The van der Waals surface area contributed by atoms with Gasteiger partial charge >= 0.3 is 0 Å². The number of hydrogen-bond acceptors (Lipinski definition) is 7. The summed E-state index contributed by atoms with van der Waals surface area (Å²) >= 11 is 0. The number of rotatable bonds is 6. The summed E-state index contributed by atoms with van der Waals surface area (Å²) in [6, 6.07) is 10.6. The molecule has 0 bridgehead atoms. The monoisotopic (exact) mass is 373 g/mol. The molecule has 8 nitrogen and oxygen atoms in total. The van der Waals surface area contributed by atoms with Crippen molar-refractivity contribution >= 4 is 32.7 Å². The highest BCUT2D eigenvalue weighted by molar-refractivity contribution is 7.92. The number of ether oxygens (including phenoxy) is 1. The molecule has 9 heteroatoms. The smallest absolute Gasteiger partial charge is 0.245 e. The molecule has 0 aliphatic rings. The second kappa shape index (κ2) is 7.12. The number of sulfonamides is 1.